The molecule has 0 radical (unpaired) electrons. The summed E-state index contributed by atoms with van der Waals surface area (Å²) in [4.78, 5) is 10.7. The quantitative estimate of drug-likeness (QED) is 0.166. The van der Waals surface area contributed by atoms with Gasteiger partial charge in [-0.3, -0.25) is 4.99 Å². The van der Waals surface area contributed by atoms with Crippen LogP contribution < -0.4 is 4.74 Å². The number of aromatic nitrogens is 2. The van der Waals surface area contributed by atoms with Crippen molar-refractivity contribution in [2.45, 2.75) is 156 Å². The van der Waals surface area contributed by atoms with Crippen LogP contribution in [0.5, 0.6) is 11.5 Å². The van der Waals surface area contributed by atoms with Gasteiger partial charge in [-0.05, 0) is 85.9 Å². The van der Waals surface area contributed by atoms with Crippen LogP contribution >= 0.6 is 0 Å². The minimum atomic E-state index is -0.782. The normalized spacial score (nSPS) is 19.6. The summed E-state index contributed by atoms with van der Waals surface area (Å²) in [6.07, 6.45) is 1.90. The molecule has 0 spiro atoms. The molecule has 1 aliphatic carbocycles. The van der Waals surface area contributed by atoms with Gasteiger partial charge in [-0.15, -0.1) is 28.6 Å². The zero-order valence-electron chi connectivity index (χ0n) is 42.1. The third-order valence-electron chi connectivity index (χ3n) is 15.1. The molecule has 2 aliphatic heterocycles. The van der Waals surface area contributed by atoms with Gasteiger partial charge in [0.15, 0.2) is 0 Å². The number of hydrogen-bond donors (Lipinski definition) is 0. The number of nitrogens with zero attached hydrogens (tertiary/aromatic N) is 3. The maximum atomic E-state index is 7.31. The first-order valence-electron chi connectivity index (χ1n) is 23.5. The largest absolute Gasteiger partial charge is 2.00 e. The molecular weight excluding hydrogens is 990 g/mol. The topological polar surface area (TPSA) is 48.6 Å². The van der Waals surface area contributed by atoms with Crippen LogP contribution in [0.25, 0.3) is 38.8 Å². The van der Waals surface area contributed by atoms with Crippen LogP contribution in [0.15, 0.2) is 90.1 Å². The predicted molar refractivity (Wildman–Crippen MR) is 269 cm³/mol. The number of ether oxygens (including phenoxy) is 2. The van der Waals surface area contributed by atoms with Crippen LogP contribution in [-0.2, 0) is 64.0 Å². The van der Waals surface area contributed by atoms with Gasteiger partial charge in [-0.25, -0.2) is 4.98 Å². The van der Waals surface area contributed by atoms with E-state index in [0.717, 1.165) is 39.0 Å². The third kappa shape index (κ3) is 6.79. The van der Waals surface area contributed by atoms with E-state index in [0.29, 0.717) is 17.4 Å². The van der Waals surface area contributed by atoms with Crippen molar-refractivity contribution in [3.05, 3.63) is 153 Å². The van der Waals surface area contributed by atoms with Crippen molar-refractivity contribution in [2.75, 3.05) is 0 Å². The van der Waals surface area contributed by atoms with Gasteiger partial charge < -0.3 is 14.0 Å². The van der Waals surface area contributed by atoms with E-state index in [1.54, 1.807) is 0 Å². The fourth-order valence-electron chi connectivity index (χ4n) is 10.6. The Hall–Kier alpha value is -4.99. The van der Waals surface area contributed by atoms with Crippen LogP contribution in [0.4, 0.5) is 0 Å². The van der Waals surface area contributed by atoms with Crippen LogP contribution in [-0.4, -0.2) is 15.4 Å². The molecule has 66 heavy (non-hydrogen) atoms. The zero-order chi connectivity index (χ0) is 46.8. The van der Waals surface area contributed by atoms with E-state index in [-0.39, 0.29) is 48.1 Å². The molecule has 342 valence electrons. The number of fused-ring (bicyclic) bond motifs is 11. The van der Waals surface area contributed by atoms with E-state index in [9.17, 15) is 0 Å². The van der Waals surface area contributed by atoms with Crippen molar-refractivity contribution in [2.24, 2.45) is 4.99 Å². The average molecular weight is 1060 g/mol. The summed E-state index contributed by atoms with van der Waals surface area (Å²) in [5.74, 6) is 2.75. The summed E-state index contributed by atoms with van der Waals surface area (Å²) in [6, 6.07) is 37.1. The summed E-state index contributed by atoms with van der Waals surface area (Å²) in [5, 5.41) is 2.36. The number of benzene rings is 5. The molecule has 0 saturated heterocycles. The Morgan fingerprint density at radius 3 is 1.82 bits per heavy atom. The molecule has 0 fully saturated rings. The van der Waals surface area contributed by atoms with E-state index in [1.165, 1.54) is 55.4 Å². The fraction of sp³-hybridized carbons (Fsp3) is 0.400. The molecule has 10 rings (SSSR count). The van der Waals surface area contributed by atoms with Gasteiger partial charge in [-0.1, -0.05) is 182 Å². The summed E-state index contributed by atoms with van der Waals surface area (Å²) < 4.78 is 16.6. The molecule has 3 aliphatic rings. The van der Waals surface area contributed by atoms with Gasteiger partial charge in [0.2, 0.25) is 0 Å². The third-order valence-corrected chi connectivity index (χ3v) is 15.1. The Labute approximate surface area is 407 Å². The van der Waals surface area contributed by atoms with Crippen molar-refractivity contribution in [3.63, 3.8) is 0 Å². The number of pyridine rings is 1. The van der Waals surface area contributed by atoms with Crippen molar-refractivity contribution in [3.8, 4) is 28.4 Å². The van der Waals surface area contributed by atoms with Gasteiger partial charge in [0, 0.05) is 39.8 Å². The smallest absolute Gasteiger partial charge is 0.507 e. The molecule has 5 nitrogen and oxygen atoms in total. The molecule has 0 amide bonds. The first-order chi connectivity index (χ1) is 30.1. The van der Waals surface area contributed by atoms with Gasteiger partial charge in [-0.2, -0.15) is 6.07 Å². The monoisotopic (exact) mass is 1050 g/mol. The fourth-order valence-corrected chi connectivity index (χ4v) is 10.6. The van der Waals surface area contributed by atoms with Crippen molar-refractivity contribution in [1.82, 2.24) is 9.55 Å². The number of rotatable bonds is 3. The second kappa shape index (κ2) is 14.5. The van der Waals surface area contributed by atoms with Crippen LogP contribution in [0.3, 0.4) is 0 Å². The van der Waals surface area contributed by atoms with Gasteiger partial charge in [0.05, 0.1) is 0 Å². The molecule has 2 atom stereocenters. The first kappa shape index (κ1) is 46.1. The van der Waals surface area contributed by atoms with Gasteiger partial charge in [0.1, 0.15) is 22.9 Å². The van der Waals surface area contributed by atoms with E-state index in [4.69, 9.17) is 19.5 Å². The Bertz CT molecular complexity index is 3210. The van der Waals surface area contributed by atoms with Crippen LogP contribution in [0.2, 0.25) is 0 Å². The molecule has 2 aromatic heterocycles. The van der Waals surface area contributed by atoms with E-state index >= 15 is 0 Å². The van der Waals surface area contributed by atoms with E-state index in [1.807, 2.05) is 6.20 Å². The Balaban J connectivity index is 0.00000548. The maximum Gasteiger partial charge on any atom is 2.00 e. The zero-order valence-corrected chi connectivity index (χ0v) is 44.3. The number of aliphatic imine (C=N–C) groups is 1. The molecular formula is C60H65N3O2Pt. The summed E-state index contributed by atoms with van der Waals surface area (Å²) in [7, 11) is 0. The number of hydrogen-bond acceptors (Lipinski definition) is 4. The maximum absolute atomic E-state index is 7.31. The molecule has 0 N–H and O–H groups in total. The van der Waals surface area contributed by atoms with Crippen LogP contribution in [0.1, 0.15) is 166 Å². The minimum absolute atomic E-state index is 0. The molecule has 7 aromatic rings. The summed E-state index contributed by atoms with van der Waals surface area (Å²) in [5.41, 5.74) is 14.2. The minimum Gasteiger partial charge on any atom is -0.507 e. The molecule has 5 aromatic carbocycles. The van der Waals surface area contributed by atoms with E-state index < -0.39 is 11.1 Å². The van der Waals surface area contributed by atoms with Crippen molar-refractivity contribution >= 4 is 27.7 Å². The summed E-state index contributed by atoms with van der Waals surface area (Å²) in [6.45, 7) is 38.5. The Kier molecular flexibility index (Phi) is 10.1. The Morgan fingerprint density at radius 1 is 0.606 bits per heavy atom. The van der Waals surface area contributed by atoms with Crippen molar-refractivity contribution < 1.29 is 30.5 Å². The molecule has 0 unspecified atom stereocenters. The first-order valence-corrected chi connectivity index (χ1v) is 23.5. The predicted octanol–water partition coefficient (Wildman–Crippen LogP) is 15.3. The van der Waals surface area contributed by atoms with Gasteiger partial charge in [0.25, 0.3) is 0 Å². The second-order valence-electron chi connectivity index (χ2n) is 24.2. The molecule has 4 heterocycles. The molecule has 0 saturated carbocycles. The molecule has 0 bridgehead atoms. The van der Waals surface area contributed by atoms with E-state index in [2.05, 4.69) is 213 Å². The Morgan fingerprint density at radius 2 is 1.20 bits per heavy atom. The standard InChI is InChI=1S/C60H65N3O2.Pt/c1-34-25-43-44-31-39(57(11,12)13)32-48-51(44)63(52-47(58(48,14)15)19-18-24-61-52)49(43)33-50(34)64-40-27-35(26-38(28-40)56(8,9)10)53-62-59(16)45-22-20-36(54(2,3)4)29-41(45)42-30-37(55(5,6)7)21-23-46(42)60(59,17)65-53;/h18-26,28-32H,1-17H3;/q-2;+2/t59-,60+;/m1./s1. The van der Waals surface area contributed by atoms with Crippen molar-refractivity contribution in [1.29, 1.82) is 0 Å². The second-order valence-corrected chi connectivity index (χ2v) is 24.2. The number of aryl methyl sites for hydroxylation is 1. The van der Waals surface area contributed by atoms with Crippen LogP contribution in [0, 0.1) is 19.1 Å². The van der Waals surface area contributed by atoms with Gasteiger partial charge >= 0.3 is 21.1 Å². The summed E-state index contributed by atoms with van der Waals surface area (Å²) >= 11 is 0. The average Bonchev–Trinajstić information content (AvgIpc) is 3.69. The molecule has 6 heteroatoms. The SMILES string of the molecule is Cc1cc2c3cc(C(C)(C)C)cc4c3n(c2[c-]c1Oc1[c-]c(C2=N[C@]3(C)c5ccc(C(C)(C)C)cc5-c5cc(C(C)(C)C)ccc5[C@]3(C)O2)cc(C(C)(C)C)c1)-c1ncccc1C4(C)C.[Pt+2].